The Hall–Kier alpha value is -2.16. The SMILES string of the molecule is COC(=O)[C@H](CCC(=O)O)N(C(=O)[C@@H]1CCCN1C(=O)[C@H](C)N)C(C)(C)C. The quantitative estimate of drug-likeness (QED) is 0.605. The average Bonchev–Trinajstić information content (AvgIpc) is 3.04. The highest BCUT2D eigenvalue weighted by Gasteiger charge is 2.44. The van der Waals surface area contributed by atoms with E-state index in [0.717, 1.165) is 0 Å². The summed E-state index contributed by atoms with van der Waals surface area (Å²) >= 11 is 0. The largest absolute Gasteiger partial charge is 0.481 e. The van der Waals surface area contributed by atoms with E-state index < -0.39 is 41.5 Å². The van der Waals surface area contributed by atoms with Crippen molar-refractivity contribution in [2.75, 3.05) is 13.7 Å². The van der Waals surface area contributed by atoms with Crippen molar-refractivity contribution in [1.29, 1.82) is 0 Å². The summed E-state index contributed by atoms with van der Waals surface area (Å²) in [6.45, 7) is 7.26. The zero-order valence-electron chi connectivity index (χ0n) is 16.7. The van der Waals surface area contributed by atoms with Gasteiger partial charge in [0.15, 0.2) is 0 Å². The van der Waals surface area contributed by atoms with Crippen molar-refractivity contribution >= 4 is 23.8 Å². The van der Waals surface area contributed by atoms with E-state index in [1.165, 1.54) is 16.9 Å². The molecule has 1 rings (SSSR count). The lowest BCUT2D eigenvalue weighted by Crippen LogP contribution is -2.60. The maximum atomic E-state index is 13.4. The Kier molecular flexibility index (Phi) is 7.77. The molecule has 9 heteroatoms. The number of methoxy groups -OCH3 is 1. The molecule has 3 N–H and O–H groups in total. The molecule has 1 aliphatic rings. The van der Waals surface area contributed by atoms with Gasteiger partial charge in [-0.25, -0.2) is 4.79 Å². The number of nitrogens with zero attached hydrogens (tertiary/aromatic N) is 2. The number of esters is 1. The molecule has 1 heterocycles. The zero-order chi connectivity index (χ0) is 20.9. The minimum absolute atomic E-state index is 0.0705. The number of carboxylic acids is 1. The summed E-state index contributed by atoms with van der Waals surface area (Å²) in [6.07, 6.45) is 0.771. The highest BCUT2D eigenvalue weighted by molar-refractivity contribution is 5.93. The van der Waals surface area contributed by atoms with Crippen LogP contribution in [0.1, 0.15) is 53.4 Å². The number of carbonyl (C=O) groups excluding carboxylic acids is 3. The second-order valence-electron chi connectivity index (χ2n) is 7.83. The van der Waals surface area contributed by atoms with Gasteiger partial charge in [0, 0.05) is 18.5 Å². The summed E-state index contributed by atoms with van der Waals surface area (Å²) in [4.78, 5) is 51.9. The molecule has 0 radical (unpaired) electrons. The molecular weight excluding hydrogens is 354 g/mol. The van der Waals surface area contributed by atoms with Crippen LogP contribution in [0, 0.1) is 0 Å². The van der Waals surface area contributed by atoms with Crippen LogP contribution in [0.3, 0.4) is 0 Å². The second-order valence-corrected chi connectivity index (χ2v) is 7.83. The third-order valence-corrected chi connectivity index (χ3v) is 4.59. The van der Waals surface area contributed by atoms with E-state index in [1.807, 2.05) is 0 Å². The zero-order valence-corrected chi connectivity index (χ0v) is 16.7. The van der Waals surface area contributed by atoms with Gasteiger partial charge in [-0.2, -0.15) is 0 Å². The third-order valence-electron chi connectivity index (χ3n) is 4.59. The monoisotopic (exact) mass is 385 g/mol. The van der Waals surface area contributed by atoms with Crippen molar-refractivity contribution in [2.45, 2.75) is 77.0 Å². The van der Waals surface area contributed by atoms with Gasteiger partial charge < -0.3 is 25.4 Å². The van der Waals surface area contributed by atoms with E-state index in [2.05, 4.69) is 0 Å². The Labute approximate surface area is 159 Å². The van der Waals surface area contributed by atoms with Crippen molar-refractivity contribution in [3.63, 3.8) is 0 Å². The molecule has 0 aliphatic carbocycles. The van der Waals surface area contributed by atoms with Gasteiger partial charge in [0.2, 0.25) is 11.8 Å². The molecule has 27 heavy (non-hydrogen) atoms. The summed E-state index contributed by atoms with van der Waals surface area (Å²) in [7, 11) is 1.20. The van der Waals surface area contributed by atoms with Gasteiger partial charge >= 0.3 is 11.9 Å². The fraction of sp³-hybridized carbons (Fsp3) is 0.778. The third kappa shape index (κ3) is 5.66. The van der Waals surface area contributed by atoms with Crippen LogP contribution in [-0.2, 0) is 23.9 Å². The van der Waals surface area contributed by atoms with Gasteiger partial charge in [0.1, 0.15) is 12.1 Å². The maximum absolute atomic E-state index is 13.4. The predicted molar refractivity (Wildman–Crippen MR) is 97.7 cm³/mol. The van der Waals surface area contributed by atoms with Crippen LogP contribution in [0.15, 0.2) is 0 Å². The van der Waals surface area contributed by atoms with E-state index in [4.69, 9.17) is 15.6 Å². The molecule has 1 saturated heterocycles. The summed E-state index contributed by atoms with van der Waals surface area (Å²) in [5, 5.41) is 9.01. The molecule has 0 bridgehead atoms. The number of carbonyl (C=O) groups is 4. The first kappa shape index (κ1) is 22.9. The number of hydrogen-bond donors (Lipinski definition) is 2. The lowest BCUT2D eigenvalue weighted by Gasteiger charge is -2.43. The van der Waals surface area contributed by atoms with Crippen LogP contribution >= 0.6 is 0 Å². The topological polar surface area (TPSA) is 130 Å². The Morgan fingerprint density at radius 1 is 1.30 bits per heavy atom. The van der Waals surface area contributed by atoms with Crippen molar-refractivity contribution in [3.05, 3.63) is 0 Å². The molecule has 1 aliphatic heterocycles. The lowest BCUT2D eigenvalue weighted by atomic mass is 9.97. The minimum Gasteiger partial charge on any atom is -0.481 e. The summed E-state index contributed by atoms with van der Waals surface area (Å²) < 4.78 is 4.82. The van der Waals surface area contributed by atoms with Crippen molar-refractivity contribution in [1.82, 2.24) is 9.80 Å². The van der Waals surface area contributed by atoms with Crippen molar-refractivity contribution < 1.29 is 29.0 Å². The Morgan fingerprint density at radius 2 is 1.89 bits per heavy atom. The fourth-order valence-corrected chi connectivity index (χ4v) is 3.41. The van der Waals surface area contributed by atoms with Gasteiger partial charge in [-0.1, -0.05) is 0 Å². The lowest BCUT2D eigenvalue weighted by molar-refractivity contribution is -0.161. The molecule has 2 amide bonds. The number of aliphatic carboxylic acids is 1. The molecule has 154 valence electrons. The summed E-state index contributed by atoms with van der Waals surface area (Å²) in [5.74, 6) is -2.46. The van der Waals surface area contributed by atoms with E-state index in [1.54, 1.807) is 27.7 Å². The molecule has 0 spiro atoms. The molecule has 0 aromatic carbocycles. The van der Waals surface area contributed by atoms with Crippen LogP contribution in [-0.4, -0.2) is 76.0 Å². The Balaban J connectivity index is 3.23. The molecule has 0 aromatic heterocycles. The number of likely N-dealkylation sites (tertiary alicyclic amines) is 1. The minimum atomic E-state index is -1.07. The molecule has 0 saturated carbocycles. The normalized spacial score (nSPS) is 19.3. The van der Waals surface area contributed by atoms with Gasteiger partial charge in [-0.3, -0.25) is 14.4 Å². The first-order chi connectivity index (χ1) is 12.4. The average molecular weight is 385 g/mol. The van der Waals surface area contributed by atoms with Crippen LogP contribution in [0.5, 0.6) is 0 Å². The molecule has 0 aromatic rings. The molecular formula is C18H31N3O6. The number of carboxylic acid groups (broad SMARTS) is 1. The van der Waals surface area contributed by atoms with E-state index in [-0.39, 0.29) is 18.7 Å². The van der Waals surface area contributed by atoms with Gasteiger partial charge in [-0.15, -0.1) is 0 Å². The van der Waals surface area contributed by atoms with Crippen LogP contribution in [0.2, 0.25) is 0 Å². The van der Waals surface area contributed by atoms with Crippen molar-refractivity contribution in [2.24, 2.45) is 5.73 Å². The fourth-order valence-electron chi connectivity index (χ4n) is 3.41. The van der Waals surface area contributed by atoms with Crippen molar-refractivity contribution in [3.8, 4) is 0 Å². The predicted octanol–water partition coefficient (Wildman–Crippen LogP) is 0.358. The van der Waals surface area contributed by atoms with Crippen LogP contribution in [0.4, 0.5) is 0 Å². The molecule has 9 nitrogen and oxygen atoms in total. The van der Waals surface area contributed by atoms with Crippen LogP contribution in [0.25, 0.3) is 0 Å². The summed E-state index contributed by atoms with van der Waals surface area (Å²) in [5.41, 5.74) is 4.92. The number of ether oxygens (including phenoxy) is 1. The first-order valence-corrected chi connectivity index (χ1v) is 9.10. The standard InChI is InChI=1S/C18H31N3O6/c1-11(19)15(24)20-10-6-7-12(20)16(25)21(18(2,3)4)13(17(26)27-5)8-9-14(22)23/h11-13H,6-10,19H2,1-5H3,(H,22,23)/t11-,12-,13-/m0/s1. The first-order valence-electron chi connectivity index (χ1n) is 9.10. The van der Waals surface area contributed by atoms with E-state index >= 15 is 0 Å². The maximum Gasteiger partial charge on any atom is 0.328 e. The highest BCUT2D eigenvalue weighted by atomic mass is 16.5. The van der Waals surface area contributed by atoms with E-state index in [9.17, 15) is 19.2 Å². The number of nitrogens with two attached hydrogens (primary N) is 1. The Morgan fingerprint density at radius 3 is 2.33 bits per heavy atom. The smallest absolute Gasteiger partial charge is 0.328 e. The van der Waals surface area contributed by atoms with Gasteiger partial charge in [0.05, 0.1) is 13.2 Å². The molecule has 0 unspecified atom stereocenters. The van der Waals surface area contributed by atoms with Crippen LogP contribution < -0.4 is 5.73 Å². The summed E-state index contributed by atoms with van der Waals surface area (Å²) in [6, 6.07) is -2.50. The number of rotatable bonds is 7. The van der Waals surface area contributed by atoms with Gasteiger partial charge in [-0.05, 0) is 47.0 Å². The Bertz CT molecular complexity index is 584. The highest BCUT2D eigenvalue weighted by Crippen LogP contribution is 2.28. The molecule has 1 fully saturated rings. The molecule has 3 atom stereocenters. The van der Waals surface area contributed by atoms with E-state index in [0.29, 0.717) is 19.4 Å². The van der Waals surface area contributed by atoms with Gasteiger partial charge in [0.25, 0.3) is 0 Å². The number of hydrogen-bond acceptors (Lipinski definition) is 6. The number of amides is 2. The second kappa shape index (κ2) is 9.16.